The van der Waals surface area contributed by atoms with Crippen molar-refractivity contribution in [1.29, 1.82) is 0 Å². The summed E-state index contributed by atoms with van der Waals surface area (Å²) in [5, 5.41) is 3.09. The van der Waals surface area contributed by atoms with Crippen LogP contribution >= 0.6 is 11.3 Å². The van der Waals surface area contributed by atoms with Gasteiger partial charge >= 0.3 is 0 Å². The van der Waals surface area contributed by atoms with E-state index in [2.05, 4.69) is 9.88 Å². The Kier molecular flexibility index (Phi) is 7.64. The number of nitrogens with zero attached hydrogens (tertiary/aromatic N) is 3. The quantitative estimate of drug-likeness (QED) is 0.638. The summed E-state index contributed by atoms with van der Waals surface area (Å²) in [6.45, 7) is 7.16. The van der Waals surface area contributed by atoms with E-state index in [4.69, 9.17) is 14.2 Å². The Morgan fingerprint density at radius 3 is 2.68 bits per heavy atom. The third-order valence-corrected chi connectivity index (χ3v) is 5.27. The number of carbonyl (C=O) groups is 1. The highest BCUT2D eigenvalue weighted by Crippen LogP contribution is 2.26. The average Bonchev–Trinajstić information content (AvgIpc) is 3.14. The predicted octanol–water partition coefficient (Wildman–Crippen LogP) is 2.41. The zero-order valence-corrected chi connectivity index (χ0v) is 17.2. The van der Waals surface area contributed by atoms with E-state index in [0.29, 0.717) is 24.7 Å². The van der Waals surface area contributed by atoms with E-state index in [1.807, 2.05) is 30.5 Å². The minimum atomic E-state index is -0.103. The molecule has 0 atom stereocenters. The summed E-state index contributed by atoms with van der Waals surface area (Å²) < 4.78 is 16.6. The fourth-order valence-electron chi connectivity index (χ4n) is 2.87. The van der Waals surface area contributed by atoms with E-state index >= 15 is 0 Å². The number of amides is 1. The van der Waals surface area contributed by atoms with Crippen molar-refractivity contribution in [1.82, 2.24) is 14.8 Å². The predicted molar refractivity (Wildman–Crippen MR) is 108 cm³/mol. The van der Waals surface area contributed by atoms with Crippen molar-refractivity contribution in [3.63, 3.8) is 0 Å². The van der Waals surface area contributed by atoms with Gasteiger partial charge in [-0.1, -0.05) is 12.1 Å². The zero-order valence-electron chi connectivity index (χ0n) is 16.4. The minimum Gasteiger partial charge on any atom is -0.490 e. The Bertz CT molecular complexity index is 761. The Morgan fingerprint density at radius 1 is 1.25 bits per heavy atom. The number of benzene rings is 1. The maximum Gasteiger partial charge on any atom is 0.260 e. The summed E-state index contributed by atoms with van der Waals surface area (Å²) in [7, 11) is 1.77. The molecule has 1 aliphatic rings. The van der Waals surface area contributed by atoms with Gasteiger partial charge in [-0.15, -0.1) is 11.3 Å². The van der Waals surface area contributed by atoms with Crippen molar-refractivity contribution in [3.8, 4) is 11.5 Å². The van der Waals surface area contributed by atoms with Crippen LogP contribution in [0.15, 0.2) is 29.6 Å². The number of hydrogen-bond donors (Lipinski definition) is 0. The molecule has 0 radical (unpaired) electrons. The van der Waals surface area contributed by atoms with Crippen LogP contribution in [0.3, 0.4) is 0 Å². The van der Waals surface area contributed by atoms with E-state index in [1.165, 1.54) is 0 Å². The van der Waals surface area contributed by atoms with Gasteiger partial charge in [-0.05, 0) is 19.1 Å². The molecule has 8 heteroatoms. The molecule has 28 heavy (non-hydrogen) atoms. The third kappa shape index (κ3) is 5.92. The molecule has 7 nitrogen and oxygen atoms in total. The van der Waals surface area contributed by atoms with Gasteiger partial charge in [0, 0.05) is 25.5 Å². The van der Waals surface area contributed by atoms with Crippen LogP contribution in [-0.2, 0) is 22.6 Å². The van der Waals surface area contributed by atoms with Crippen LogP contribution in [0.1, 0.15) is 17.6 Å². The van der Waals surface area contributed by atoms with Crippen molar-refractivity contribution < 1.29 is 19.0 Å². The lowest BCUT2D eigenvalue weighted by Crippen LogP contribution is -2.35. The summed E-state index contributed by atoms with van der Waals surface area (Å²) >= 11 is 1.64. The lowest BCUT2D eigenvalue weighted by atomic mass is 10.3. The number of thiazole rings is 1. The average molecular weight is 406 g/mol. The number of para-hydroxylation sites is 2. The molecule has 0 saturated carbocycles. The summed E-state index contributed by atoms with van der Waals surface area (Å²) in [5.74, 6) is 1.12. The second-order valence-corrected chi connectivity index (χ2v) is 7.48. The third-order valence-electron chi connectivity index (χ3n) is 4.39. The Labute approximate surface area is 169 Å². The maximum atomic E-state index is 12.4. The lowest BCUT2D eigenvalue weighted by molar-refractivity contribution is -0.132. The van der Waals surface area contributed by atoms with Crippen molar-refractivity contribution in [2.24, 2.45) is 0 Å². The van der Waals surface area contributed by atoms with Crippen molar-refractivity contribution in [2.75, 3.05) is 46.6 Å². The Balaban J connectivity index is 1.48. The number of carbonyl (C=O) groups excluding carboxylic acids is 1. The second kappa shape index (κ2) is 10.4. The SMILES string of the molecule is CCOc1ccccc1OCC(=O)N(C)Cc1csc(CN2CCOCC2)n1. The van der Waals surface area contributed by atoms with Crippen molar-refractivity contribution >= 4 is 17.2 Å². The molecule has 1 aromatic heterocycles. The second-order valence-electron chi connectivity index (χ2n) is 6.54. The monoisotopic (exact) mass is 405 g/mol. The van der Waals surface area contributed by atoms with Crippen molar-refractivity contribution in [2.45, 2.75) is 20.0 Å². The molecule has 2 heterocycles. The van der Waals surface area contributed by atoms with Gasteiger partial charge in [0.05, 0.1) is 38.6 Å². The van der Waals surface area contributed by atoms with E-state index < -0.39 is 0 Å². The maximum absolute atomic E-state index is 12.4. The molecule has 2 aromatic rings. The molecule has 0 spiro atoms. The number of likely N-dealkylation sites (N-methyl/N-ethyl adjacent to an activating group) is 1. The molecule has 1 fully saturated rings. The Hall–Kier alpha value is -2.16. The van der Waals surface area contributed by atoms with Gasteiger partial charge < -0.3 is 19.1 Å². The van der Waals surface area contributed by atoms with Crippen LogP contribution in [0.4, 0.5) is 0 Å². The summed E-state index contributed by atoms with van der Waals surface area (Å²) in [4.78, 5) is 21.1. The number of morpholine rings is 1. The van der Waals surface area contributed by atoms with Crippen molar-refractivity contribution in [3.05, 3.63) is 40.3 Å². The van der Waals surface area contributed by atoms with Gasteiger partial charge in [0.1, 0.15) is 5.01 Å². The molecule has 152 valence electrons. The highest BCUT2D eigenvalue weighted by Gasteiger charge is 2.16. The first-order chi connectivity index (χ1) is 13.7. The first-order valence-electron chi connectivity index (χ1n) is 9.47. The standard InChI is InChI=1S/C20H27N3O4S/c1-3-26-17-6-4-5-7-18(17)27-14-20(24)22(2)12-16-15-28-19(21-16)13-23-8-10-25-11-9-23/h4-7,15H,3,8-14H2,1-2H3. The molecule has 1 aliphatic heterocycles. The van der Waals surface area contributed by atoms with Crippen LogP contribution in [0.2, 0.25) is 0 Å². The molecule has 1 aromatic carbocycles. The van der Waals surface area contributed by atoms with Crippen LogP contribution in [0, 0.1) is 0 Å². The van der Waals surface area contributed by atoms with Crippen LogP contribution in [-0.4, -0.2) is 67.3 Å². The smallest absolute Gasteiger partial charge is 0.260 e. The molecule has 0 bridgehead atoms. The van der Waals surface area contributed by atoms with Crippen LogP contribution < -0.4 is 9.47 Å². The normalized spacial score (nSPS) is 14.6. The fourth-order valence-corrected chi connectivity index (χ4v) is 3.70. The first kappa shape index (κ1) is 20.6. The lowest BCUT2D eigenvalue weighted by Gasteiger charge is -2.25. The highest BCUT2D eigenvalue weighted by atomic mass is 32.1. The number of aromatic nitrogens is 1. The topological polar surface area (TPSA) is 64.1 Å². The van der Waals surface area contributed by atoms with Gasteiger partial charge in [0.2, 0.25) is 0 Å². The fraction of sp³-hybridized carbons (Fsp3) is 0.500. The number of hydrogen-bond acceptors (Lipinski definition) is 7. The zero-order chi connectivity index (χ0) is 19.8. The summed E-state index contributed by atoms with van der Waals surface area (Å²) in [6, 6.07) is 7.37. The van der Waals surface area contributed by atoms with Gasteiger partial charge in [0.15, 0.2) is 18.1 Å². The molecule has 3 rings (SSSR count). The molecule has 1 saturated heterocycles. The molecular formula is C20H27N3O4S. The van der Waals surface area contributed by atoms with Gasteiger partial charge in [-0.2, -0.15) is 0 Å². The van der Waals surface area contributed by atoms with Crippen LogP contribution in [0.25, 0.3) is 0 Å². The summed E-state index contributed by atoms with van der Waals surface area (Å²) in [6.07, 6.45) is 0. The van der Waals surface area contributed by atoms with E-state index in [-0.39, 0.29) is 12.5 Å². The van der Waals surface area contributed by atoms with Gasteiger partial charge in [0.25, 0.3) is 5.91 Å². The van der Waals surface area contributed by atoms with Crippen LogP contribution in [0.5, 0.6) is 11.5 Å². The summed E-state index contributed by atoms with van der Waals surface area (Å²) in [5.41, 5.74) is 0.902. The minimum absolute atomic E-state index is 0.0363. The molecule has 0 unspecified atom stereocenters. The van der Waals surface area contributed by atoms with E-state index in [0.717, 1.165) is 43.5 Å². The largest absolute Gasteiger partial charge is 0.490 e. The Morgan fingerprint density at radius 2 is 1.96 bits per heavy atom. The first-order valence-corrected chi connectivity index (χ1v) is 10.4. The van der Waals surface area contributed by atoms with E-state index in [9.17, 15) is 4.79 Å². The van der Waals surface area contributed by atoms with Gasteiger partial charge in [-0.3, -0.25) is 9.69 Å². The van der Waals surface area contributed by atoms with E-state index in [1.54, 1.807) is 29.4 Å². The molecular weight excluding hydrogens is 378 g/mol. The molecule has 1 amide bonds. The molecule has 0 N–H and O–H groups in total. The molecule has 0 aliphatic carbocycles. The van der Waals surface area contributed by atoms with Gasteiger partial charge in [-0.25, -0.2) is 4.98 Å². The number of rotatable bonds is 9. The highest BCUT2D eigenvalue weighted by molar-refractivity contribution is 7.09. The number of ether oxygens (including phenoxy) is 3.